The van der Waals surface area contributed by atoms with E-state index in [4.69, 9.17) is 0 Å². The van der Waals surface area contributed by atoms with Crippen LogP contribution < -0.4 is 0 Å². The van der Waals surface area contributed by atoms with Gasteiger partial charge in [-0.15, -0.1) is 10.2 Å². The molecule has 0 unspecified atom stereocenters. The second-order valence-electron chi connectivity index (χ2n) is 4.29. The van der Waals surface area contributed by atoms with Gasteiger partial charge in [-0.1, -0.05) is 46.3 Å². The Morgan fingerprint density at radius 1 is 1.12 bits per heavy atom. The van der Waals surface area contributed by atoms with Gasteiger partial charge in [0.15, 0.2) is 0 Å². The van der Waals surface area contributed by atoms with Crippen LogP contribution in [-0.2, 0) is 11.8 Å². The van der Waals surface area contributed by atoms with Gasteiger partial charge in [-0.2, -0.15) is 0 Å². The molecule has 2 rings (SSSR count). The maximum atomic E-state index is 4.29. The molecule has 0 aliphatic rings. The van der Waals surface area contributed by atoms with Crippen LogP contribution in [0.4, 0.5) is 0 Å². The van der Waals surface area contributed by atoms with Crippen LogP contribution in [-0.4, -0.2) is 14.8 Å². The highest BCUT2D eigenvalue weighted by Crippen LogP contribution is 2.16. The summed E-state index contributed by atoms with van der Waals surface area (Å²) < 4.78 is 2.20. The Hall–Kier alpha value is -1.16. The molecule has 0 aliphatic carbocycles. The van der Waals surface area contributed by atoms with Crippen molar-refractivity contribution >= 4 is 15.9 Å². The van der Waals surface area contributed by atoms with Gasteiger partial charge in [-0.3, -0.25) is 0 Å². The molecule has 0 aliphatic heterocycles. The number of hydrogen-bond acceptors (Lipinski definition) is 2. The Labute approximate surface area is 110 Å². The lowest BCUT2D eigenvalue weighted by atomic mass is 10.1. The van der Waals surface area contributed by atoms with E-state index in [1.54, 1.807) is 0 Å². The Morgan fingerprint density at radius 3 is 2.35 bits per heavy atom. The van der Waals surface area contributed by atoms with Gasteiger partial charge in [0.2, 0.25) is 0 Å². The van der Waals surface area contributed by atoms with Crippen LogP contribution in [0.1, 0.15) is 37.1 Å². The summed E-state index contributed by atoms with van der Waals surface area (Å²) in [5.41, 5.74) is 1.27. The number of hydrogen-bond donors (Lipinski definition) is 0. The second kappa shape index (κ2) is 5.45. The Kier molecular flexibility index (Phi) is 3.94. The third-order valence-electron chi connectivity index (χ3n) is 2.68. The predicted octanol–water partition coefficient (Wildman–Crippen LogP) is 3.34. The molecule has 17 heavy (non-hydrogen) atoms. The highest BCUT2D eigenvalue weighted by molar-refractivity contribution is 9.08. The van der Waals surface area contributed by atoms with Crippen LogP contribution in [0, 0.1) is 0 Å². The van der Waals surface area contributed by atoms with E-state index in [9.17, 15) is 0 Å². The average Bonchev–Trinajstić information content (AvgIpc) is 2.73. The second-order valence-corrected chi connectivity index (χ2v) is 4.85. The van der Waals surface area contributed by atoms with Crippen molar-refractivity contribution in [3.8, 4) is 0 Å². The van der Waals surface area contributed by atoms with Crippen molar-refractivity contribution in [1.82, 2.24) is 14.8 Å². The van der Waals surface area contributed by atoms with Gasteiger partial charge in [-0.05, 0) is 19.4 Å². The molecule has 0 radical (unpaired) electrons. The summed E-state index contributed by atoms with van der Waals surface area (Å²) in [6.07, 6.45) is 0.832. The van der Waals surface area contributed by atoms with Crippen LogP contribution >= 0.6 is 15.9 Å². The first kappa shape index (κ1) is 12.3. The van der Waals surface area contributed by atoms with E-state index in [2.05, 4.69) is 68.8 Å². The van der Waals surface area contributed by atoms with Gasteiger partial charge in [0.1, 0.15) is 11.6 Å². The minimum absolute atomic E-state index is 0.385. The van der Waals surface area contributed by atoms with Crippen LogP contribution in [0.25, 0.3) is 0 Å². The van der Waals surface area contributed by atoms with Crippen molar-refractivity contribution in [3.63, 3.8) is 0 Å². The monoisotopic (exact) mass is 293 g/mol. The minimum Gasteiger partial charge on any atom is -0.311 e. The van der Waals surface area contributed by atoms with Crippen molar-refractivity contribution in [1.29, 1.82) is 0 Å². The first-order valence-corrected chi connectivity index (χ1v) is 6.87. The van der Waals surface area contributed by atoms with E-state index in [1.807, 2.05) is 6.07 Å². The minimum atomic E-state index is 0.385. The molecule has 3 nitrogen and oxygen atoms in total. The number of aromatic nitrogens is 3. The van der Waals surface area contributed by atoms with E-state index in [1.165, 1.54) is 5.56 Å². The molecule has 0 N–H and O–H groups in total. The van der Waals surface area contributed by atoms with Crippen molar-refractivity contribution in [2.24, 2.45) is 0 Å². The zero-order valence-corrected chi connectivity index (χ0v) is 11.7. The fourth-order valence-electron chi connectivity index (χ4n) is 1.95. The van der Waals surface area contributed by atoms with E-state index in [0.29, 0.717) is 6.04 Å². The lowest BCUT2D eigenvalue weighted by molar-refractivity contribution is 0.558. The smallest absolute Gasteiger partial charge is 0.143 e. The number of halogens is 1. The zero-order chi connectivity index (χ0) is 12.3. The molecule has 0 bridgehead atoms. The molecule has 1 heterocycles. The van der Waals surface area contributed by atoms with Crippen molar-refractivity contribution in [2.75, 3.05) is 0 Å². The Bertz CT molecular complexity index is 477. The molecule has 0 spiro atoms. The van der Waals surface area contributed by atoms with Gasteiger partial charge < -0.3 is 4.57 Å². The molecule has 90 valence electrons. The fourth-order valence-corrected chi connectivity index (χ4v) is 2.33. The molecule has 1 aromatic carbocycles. The van der Waals surface area contributed by atoms with E-state index >= 15 is 0 Å². The molecular weight excluding hydrogens is 278 g/mol. The highest BCUT2D eigenvalue weighted by atomic mass is 79.9. The SMILES string of the molecule is CC(C)n1c(CBr)nnc1Cc1ccccc1. The Balaban J connectivity index is 2.30. The van der Waals surface area contributed by atoms with Crippen LogP contribution in [0.3, 0.4) is 0 Å². The normalized spacial score (nSPS) is 11.1. The lowest BCUT2D eigenvalue weighted by Crippen LogP contribution is -2.09. The number of rotatable bonds is 4. The number of nitrogens with zero attached hydrogens (tertiary/aromatic N) is 3. The highest BCUT2D eigenvalue weighted by Gasteiger charge is 2.13. The summed E-state index contributed by atoms with van der Waals surface area (Å²) in [5.74, 6) is 2.02. The molecule has 0 fully saturated rings. The number of alkyl halides is 1. The molecule has 1 aromatic heterocycles. The van der Waals surface area contributed by atoms with Gasteiger partial charge in [-0.25, -0.2) is 0 Å². The van der Waals surface area contributed by atoms with Crippen molar-refractivity contribution in [2.45, 2.75) is 31.6 Å². The quantitative estimate of drug-likeness (QED) is 0.810. The predicted molar refractivity (Wildman–Crippen MR) is 72.3 cm³/mol. The molecule has 0 saturated heterocycles. The lowest BCUT2D eigenvalue weighted by Gasteiger charge is -2.12. The molecule has 0 amide bonds. The van der Waals surface area contributed by atoms with Crippen molar-refractivity contribution < 1.29 is 0 Å². The summed E-state index contributed by atoms with van der Waals surface area (Å²) in [7, 11) is 0. The Morgan fingerprint density at radius 2 is 1.76 bits per heavy atom. The zero-order valence-electron chi connectivity index (χ0n) is 10.1. The number of benzene rings is 1. The molecule has 4 heteroatoms. The topological polar surface area (TPSA) is 30.7 Å². The van der Waals surface area contributed by atoms with Crippen LogP contribution in [0.15, 0.2) is 30.3 Å². The van der Waals surface area contributed by atoms with Gasteiger partial charge in [0, 0.05) is 12.5 Å². The van der Waals surface area contributed by atoms with E-state index < -0.39 is 0 Å². The van der Waals surface area contributed by atoms with Gasteiger partial charge in [0.25, 0.3) is 0 Å². The first-order valence-electron chi connectivity index (χ1n) is 5.75. The van der Waals surface area contributed by atoms with E-state index in [0.717, 1.165) is 23.4 Å². The summed E-state index contributed by atoms with van der Waals surface area (Å²) in [5, 5.41) is 9.25. The third kappa shape index (κ3) is 2.75. The van der Waals surface area contributed by atoms with Gasteiger partial charge in [0.05, 0.1) is 5.33 Å². The molecule has 0 saturated carbocycles. The average molecular weight is 294 g/mol. The summed E-state index contributed by atoms with van der Waals surface area (Å²) in [4.78, 5) is 0. The molecule has 2 aromatic rings. The maximum absolute atomic E-state index is 4.29. The summed E-state index contributed by atoms with van der Waals surface area (Å²) >= 11 is 3.45. The largest absolute Gasteiger partial charge is 0.311 e. The summed E-state index contributed by atoms with van der Waals surface area (Å²) in [6.45, 7) is 4.31. The van der Waals surface area contributed by atoms with Crippen LogP contribution in [0.5, 0.6) is 0 Å². The van der Waals surface area contributed by atoms with Crippen LogP contribution in [0.2, 0.25) is 0 Å². The third-order valence-corrected chi connectivity index (χ3v) is 3.18. The summed E-state index contributed by atoms with van der Waals surface area (Å²) in [6, 6.07) is 10.8. The van der Waals surface area contributed by atoms with Gasteiger partial charge >= 0.3 is 0 Å². The fraction of sp³-hybridized carbons (Fsp3) is 0.385. The maximum Gasteiger partial charge on any atom is 0.143 e. The van der Waals surface area contributed by atoms with E-state index in [-0.39, 0.29) is 0 Å². The van der Waals surface area contributed by atoms with Crippen molar-refractivity contribution in [3.05, 3.63) is 47.5 Å². The first-order chi connectivity index (χ1) is 8.22. The standard InChI is InChI=1S/C13H16BrN3/c1-10(2)17-12(15-16-13(17)9-14)8-11-6-4-3-5-7-11/h3-7,10H,8-9H2,1-2H3. The molecule has 0 atom stereocenters. The molecular formula is C13H16BrN3.